The van der Waals surface area contributed by atoms with E-state index in [1.807, 2.05) is 11.0 Å². The van der Waals surface area contributed by atoms with E-state index in [0.29, 0.717) is 58.9 Å². The monoisotopic (exact) mass is 539 g/mol. The minimum Gasteiger partial charge on any atom is -0.439 e. The van der Waals surface area contributed by atoms with Crippen LogP contribution in [-0.4, -0.2) is 46.2 Å². The number of carbonyl (C=O) groups excluding carboxylic acids is 1. The average molecular weight is 540 g/mol. The van der Waals surface area contributed by atoms with Gasteiger partial charge in [0.1, 0.15) is 29.6 Å². The number of carbonyl (C=O) groups is 1. The Morgan fingerprint density at radius 1 is 1.07 bits per heavy atom. The van der Waals surface area contributed by atoms with Crippen LogP contribution >= 0.6 is 0 Å². The highest BCUT2D eigenvalue weighted by Crippen LogP contribution is 2.28. The number of aromatic nitrogens is 3. The number of nitrogens with one attached hydrogen (secondary N) is 2. The number of halogens is 1. The van der Waals surface area contributed by atoms with Gasteiger partial charge in [-0.25, -0.2) is 19.3 Å². The largest absolute Gasteiger partial charge is 0.439 e. The van der Waals surface area contributed by atoms with Gasteiger partial charge in [-0.15, -0.1) is 0 Å². The number of anilines is 5. The van der Waals surface area contributed by atoms with Crippen molar-refractivity contribution in [2.24, 2.45) is 5.73 Å². The third kappa shape index (κ3) is 6.16. The van der Waals surface area contributed by atoms with Crippen LogP contribution in [0.1, 0.15) is 22.3 Å². The second-order valence-electron chi connectivity index (χ2n) is 9.18. The zero-order chi connectivity index (χ0) is 28.1. The number of benzene rings is 1. The summed E-state index contributed by atoms with van der Waals surface area (Å²) in [6.07, 6.45) is 3.60. The molecule has 0 aliphatic carbocycles. The first-order valence-corrected chi connectivity index (χ1v) is 12.5. The van der Waals surface area contributed by atoms with E-state index in [0.717, 1.165) is 0 Å². The number of nitrogen functional groups attached to an aromatic ring is 1. The third-order valence-corrected chi connectivity index (χ3v) is 6.36. The van der Waals surface area contributed by atoms with Crippen molar-refractivity contribution >= 4 is 34.6 Å². The third-order valence-electron chi connectivity index (χ3n) is 6.36. The van der Waals surface area contributed by atoms with E-state index >= 15 is 4.39 Å². The number of ether oxygens (including phenoxy) is 1. The summed E-state index contributed by atoms with van der Waals surface area (Å²) in [4.78, 5) is 26.6. The van der Waals surface area contributed by atoms with E-state index in [4.69, 9.17) is 21.5 Å². The van der Waals surface area contributed by atoms with Crippen molar-refractivity contribution < 1.29 is 13.9 Å². The molecular formula is C28H26FN9O2. The summed E-state index contributed by atoms with van der Waals surface area (Å²) in [5, 5.41) is 15.2. The molecule has 4 aromatic rings. The lowest BCUT2D eigenvalue weighted by Crippen LogP contribution is -2.48. The van der Waals surface area contributed by atoms with Gasteiger partial charge in [0.25, 0.3) is 5.91 Å². The summed E-state index contributed by atoms with van der Waals surface area (Å²) in [6, 6.07) is 16.9. The average Bonchev–Trinajstić information content (AvgIpc) is 2.96. The molecule has 3 aromatic heterocycles. The summed E-state index contributed by atoms with van der Waals surface area (Å²) in [5.74, 6) is 1.35. The van der Waals surface area contributed by atoms with Crippen LogP contribution in [0, 0.1) is 11.3 Å². The molecule has 2 atom stereocenters. The fourth-order valence-electron chi connectivity index (χ4n) is 4.28. The Kier molecular flexibility index (Phi) is 7.54. The van der Waals surface area contributed by atoms with Crippen molar-refractivity contribution in [3.63, 3.8) is 0 Å². The van der Waals surface area contributed by atoms with Gasteiger partial charge < -0.3 is 31.7 Å². The van der Waals surface area contributed by atoms with Gasteiger partial charge in [0.2, 0.25) is 5.88 Å². The van der Waals surface area contributed by atoms with Gasteiger partial charge in [-0.1, -0.05) is 0 Å². The number of piperidine rings is 1. The molecule has 0 saturated carbocycles. The van der Waals surface area contributed by atoms with E-state index in [1.54, 1.807) is 60.8 Å². The number of amides is 1. The van der Waals surface area contributed by atoms with Crippen molar-refractivity contribution in [2.45, 2.75) is 18.6 Å². The summed E-state index contributed by atoms with van der Waals surface area (Å²) in [6.45, 7) is 0.715. The number of nitrogens with zero attached hydrogens (tertiary/aromatic N) is 5. The molecule has 12 heteroatoms. The molecule has 0 spiro atoms. The molecule has 1 fully saturated rings. The van der Waals surface area contributed by atoms with Crippen LogP contribution in [0.15, 0.2) is 73.2 Å². The van der Waals surface area contributed by atoms with Crippen LogP contribution in [-0.2, 0) is 0 Å². The first-order valence-electron chi connectivity index (χ1n) is 12.5. The fraction of sp³-hybridized carbons (Fsp3) is 0.179. The maximum atomic E-state index is 15.2. The van der Waals surface area contributed by atoms with Gasteiger partial charge in [0, 0.05) is 36.8 Å². The number of primary amides is 1. The Morgan fingerprint density at radius 2 is 1.90 bits per heavy atom. The molecule has 0 radical (unpaired) electrons. The number of nitriles is 1. The predicted molar refractivity (Wildman–Crippen MR) is 149 cm³/mol. The van der Waals surface area contributed by atoms with Crippen LogP contribution in [0.25, 0.3) is 0 Å². The minimum absolute atomic E-state index is 0.142. The molecule has 202 valence electrons. The highest BCUT2D eigenvalue weighted by atomic mass is 19.1. The normalized spacial score (nSPS) is 16.6. The fourth-order valence-corrected chi connectivity index (χ4v) is 4.28. The van der Waals surface area contributed by atoms with Crippen LogP contribution in [0.3, 0.4) is 0 Å². The van der Waals surface area contributed by atoms with Gasteiger partial charge in [-0.2, -0.15) is 5.26 Å². The van der Waals surface area contributed by atoms with E-state index in [9.17, 15) is 4.79 Å². The highest BCUT2D eigenvalue weighted by Gasteiger charge is 2.30. The Morgan fingerprint density at radius 3 is 2.55 bits per heavy atom. The number of hydrogen-bond donors (Lipinski definition) is 4. The molecule has 1 aromatic carbocycles. The van der Waals surface area contributed by atoms with Crippen LogP contribution in [0.4, 0.5) is 33.1 Å². The van der Waals surface area contributed by atoms with Gasteiger partial charge in [0.15, 0.2) is 0 Å². The van der Waals surface area contributed by atoms with Crippen molar-refractivity contribution in [3.8, 4) is 17.7 Å². The maximum Gasteiger partial charge on any atom is 0.252 e. The number of nitrogens with two attached hydrogens (primary N) is 2. The Balaban J connectivity index is 1.25. The van der Waals surface area contributed by atoms with Gasteiger partial charge >= 0.3 is 0 Å². The van der Waals surface area contributed by atoms with Crippen molar-refractivity contribution in [3.05, 3.63) is 84.3 Å². The molecule has 4 heterocycles. The van der Waals surface area contributed by atoms with Crippen LogP contribution in [0.2, 0.25) is 0 Å². The zero-order valence-electron chi connectivity index (χ0n) is 21.3. The number of alkyl halides is 1. The molecule has 0 bridgehead atoms. The summed E-state index contributed by atoms with van der Waals surface area (Å²) in [5.41, 5.74) is 13.5. The molecule has 40 heavy (non-hydrogen) atoms. The predicted octanol–water partition coefficient (Wildman–Crippen LogP) is 3.99. The summed E-state index contributed by atoms with van der Waals surface area (Å²) < 4.78 is 20.9. The first-order chi connectivity index (χ1) is 19.4. The lowest BCUT2D eigenvalue weighted by atomic mass is 10.0. The minimum atomic E-state index is -1.23. The lowest BCUT2D eigenvalue weighted by molar-refractivity contribution is 0.100. The van der Waals surface area contributed by atoms with Crippen molar-refractivity contribution in [1.29, 1.82) is 5.26 Å². The van der Waals surface area contributed by atoms with Crippen molar-refractivity contribution in [2.75, 3.05) is 34.4 Å². The first kappa shape index (κ1) is 26.2. The number of hydrogen-bond acceptors (Lipinski definition) is 10. The van der Waals surface area contributed by atoms with E-state index in [1.165, 1.54) is 12.4 Å². The molecule has 1 aliphatic rings. The Hall–Kier alpha value is -5.44. The highest BCUT2D eigenvalue weighted by molar-refractivity contribution is 5.98. The van der Waals surface area contributed by atoms with E-state index in [2.05, 4.69) is 25.6 Å². The Bertz CT molecular complexity index is 1520. The molecule has 0 unspecified atom stereocenters. The molecule has 1 saturated heterocycles. The molecule has 5 rings (SSSR count). The molecule has 1 amide bonds. The summed E-state index contributed by atoms with van der Waals surface area (Å²) >= 11 is 0. The molecular weight excluding hydrogens is 513 g/mol. The number of pyridine rings is 3. The second-order valence-corrected chi connectivity index (χ2v) is 9.18. The van der Waals surface area contributed by atoms with Gasteiger partial charge in [0.05, 0.1) is 41.3 Å². The van der Waals surface area contributed by atoms with E-state index < -0.39 is 18.1 Å². The van der Waals surface area contributed by atoms with Gasteiger partial charge in [-0.05, 0) is 48.9 Å². The standard InChI is InChI=1S/C28H26FN9O2/c29-22-16-38(26-7-2-18(31)14-34-26)10-9-23(22)37-24-11-25(33-15-21(24)28(32)39)36-19-3-5-20(6-4-19)40-27-8-1-17(12-30)13-35-27/h1-8,11,13-15,22-23H,9-10,16,31H2,(H2,32,39)(H2,33,36,37)/t22-,23+/m0/s1. The summed E-state index contributed by atoms with van der Waals surface area (Å²) in [7, 11) is 0. The molecule has 1 aliphatic heterocycles. The molecule has 6 N–H and O–H groups in total. The zero-order valence-corrected chi connectivity index (χ0v) is 21.3. The molecule has 11 nitrogen and oxygen atoms in total. The quantitative estimate of drug-likeness (QED) is 0.257. The van der Waals surface area contributed by atoms with Crippen LogP contribution < -0.4 is 31.7 Å². The lowest BCUT2D eigenvalue weighted by Gasteiger charge is -2.36. The van der Waals surface area contributed by atoms with Gasteiger partial charge in [-0.3, -0.25) is 4.79 Å². The smallest absolute Gasteiger partial charge is 0.252 e. The van der Waals surface area contributed by atoms with Crippen molar-refractivity contribution in [1.82, 2.24) is 15.0 Å². The number of rotatable bonds is 8. The second kappa shape index (κ2) is 11.5. The maximum absolute atomic E-state index is 15.2. The Labute approximate surface area is 229 Å². The van der Waals surface area contributed by atoms with Crippen LogP contribution in [0.5, 0.6) is 11.6 Å². The topological polar surface area (TPSA) is 168 Å². The SMILES string of the molecule is N#Cc1ccc(Oc2ccc(Nc3cc(N[C@@H]4CCN(c5ccc(N)cn5)C[C@@H]4F)c(C(N)=O)cn3)cc2)nc1. The van der Waals surface area contributed by atoms with E-state index in [-0.39, 0.29) is 12.1 Å².